The molecular weight excluding hydrogens is 240 g/mol. The second-order valence-electron chi connectivity index (χ2n) is 3.29. The molecule has 0 fully saturated rings. The van der Waals surface area contributed by atoms with E-state index < -0.39 is 0 Å². The molecule has 4 nitrogen and oxygen atoms in total. The summed E-state index contributed by atoms with van der Waals surface area (Å²) >= 11 is 5.93. The van der Waals surface area contributed by atoms with Crippen molar-refractivity contribution in [3.8, 4) is 5.75 Å². The van der Waals surface area contributed by atoms with Crippen molar-refractivity contribution >= 4 is 17.9 Å². The van der Waals surface area contributed by atoms with E-state index in [1.54, 1.807) is 30.6 Å². The second kappa shape index (κ2) is 5.41. The van der Waals surface area contributed by atoms with Gasteiger partial charge in [-0.1, -0.05) is 11.6 Å². The van der Waals surface area contributed by atoms with Gasteiger partial charge in [0.2, 0.25) is 0 Å². The molecule has 0 aliphatic carbocycles. The van der Waals surface area contributed by atoms with Gasteiger partial charge in [0.1, 0.15) is 18.1 Å². The molecule has 5 heteroatoms. The number of nitrogens with zero attached hydrogens (tertiary/aromatic N) is 2. The number of aldehydes is 1. The molecule has 0 saturated heterocycles. The fraction of sp³-hybridized carbons (Fsp3) is 0.0833. The van der Waals surface area contributed by atoms with Crippen LogP contribution >= 0.6 is 11.6 Å². The Kier molecular flexibility index (Phi) is 3.67. The maximum atomic E-state index is 10.4. The molecule has 0 radical (unpaired) electrons. The number of rotatable bonds is 4. The van der Waals surface area contributed by atoms with Crippen molar-refractivity contribution in [2.45, 2.75) is 6.61 Å². The van der Waals surface area contributed by atoms with E-state index >= 15 is 0 Å². The van der Waals surface area contributed by atoms with Crippen molar-refractivity contribution in [1.82, 2.24) is 9.97 Å². The molecular formula is C12H9ClN2O2. The highest BCUT2D eigenvalue weighted by atomic mass is 35.5. The summed E-state index contributed by atoms with van der Waals surface area (Å²) < 4.78 is 5.48. The van der Waals surface area contributed by atoms with Crippen molar-refractivity contribution in [3.63, 3.8) is 0 Å². The first kappa shape index (κ1) is 11.5. The minimum Gasteiger partial charge on any atom is -0.487 e. The van der Waals surface area contributed by atoms with E-state index in [4.69, 9.17) is 16.3 Å². The fourth-order valence-corrected chi connectivity index (χ4v) is 1.40. The van der Waals surface area contributed by atoms with Crippen LogP contribution in [0.25, 0.3) is 0 Å². The SMILES string of the molecule is O=Cc1ccc(OCc2ccncc2Cl)cn1. The number of carbonyl (C=O) groups is 1. The minimum absolute atomic E-state index is 0.337. The quantitative estimate of drug-likeness (QED) is 0.780. The van der Waals surface area contributed by atoms with Crippen LogP contribution in [0.3, 0.4) is 0 Å². The van der Waals surface area contributed by atoms with Gasteiger partial charge in [-0.15, -0.1) is 0 Å². The van der Waals surface area contributed by atoms with Gasteiger partial charge in [-0.05, 0) is 18.2 Å². The minimum atomic E-state index is 0.337. The van der Waals surface area contributed by atoms with Crippen molar-refractivity contribution < 1.29 is 9.53 Å². The molecule has 0 amide bonds. The van der Waals surface area contributed by atoms with Gasteiger partial charge in [-0.25, -0.2) is 4.98 Å². The van der Waals surface area contributed by atoms with Crippen LogP contribution in [-0.4, -0.2) is 16.3 Å². The zero-order valence-electron chi connectivity index (χ0n) is 8.84. The lowest BCUT2D eigenvalue weighted by Gasteiger charge is -2.06. The predicted octanol–water partition coefficient (Wildman–Crippen LogP) is 2.52. The first-order chi connectivity index (χ1) is 8.29. The summed E-state index contributed by atoms with van der Waals surface area (Å²) in [4.78, 5) is 18.2. The number of ether oxygens (including phenoxy) is 1. The topological polar surface area (TPSA) is 52.1 Å². The molecule has 0 aromatic carbocycles. The Morgan fingerprint density at radius 2 is 2.18 bits per heavy atom. The van der Waals surface area contributed by atoms with Crippen molar-refractivity contribution in [2.75, 3.05) is 0 Å². The van der Waals surface area contributed by atoms with Crippen LogP contribution < -0.4 is 4.74 Å². The highest BCUT2D eigenvalue weighted by molar-refractivity contribution is 6.31. The van der Waals surface area contributed by atoms with Crippen LogP contribution in [-0.2, 0) is 6.61 Å². The lowest BCUT2D eigenvalue weighted by Crippen LogP contribution is -1.97. The van der Waals surface area contributed by atoms with E-state index in [0.717, 1.165) is 5.56 Å². The number of carbonyl (C=O) groups excluding carboxylic acids is 1. The van der Waals surface area contributed by atoms with Gasteiger partial charge >= 0.3 is 0 Å². The summed E-state index contributed by atoms with van der Waals surface area (Å²) in [7, 11) is 0. The third kappa shape index (κ3) is 3.01. The lowest BCUT2D eigenvalue weighted by atomic mass is 10.3. The van der Waals surface area contributed by atoms with E-state index in [9.17, 15) is 4.79 Å². The summed E-state index contributed by atoms with van der Waals surface area (Å²) in [5.41, 5.74) is 1.22. The molecule has 0 aliphatic heterocycles. The Balaban J connectivity index is 2.02. The van der Waals surface area contributed by atoms with Crippen LogP contribution in [0.4, 0.5) is 0 Å². The van der Waals surface area contributed by atoms with Gasteiger partial charge in [0.25, 0.3) is 0 Å². The molecule has 0 unspecified atom stereocenters. The van der Waals surface area contributed by atoms with Gasteiger partial charge in [0.05, 0.1) is 11.2 Å². The lowest BCUT2D eigenvalue weighted by molar-refractivity contribution is 0.111. The summed E-state index contributed by atoms with van der Waals surface area (Å²) in [6.07, 6.45) is 5.40. The molecule has 0 atom stereocenters. The molecule has 0 spiro atoms. The molecule has 86 valence electrons. The summed E-state index contributed by atoms with van der Waals surface area (Å²) in [5.74, 6) is 0.587. The van der Waals surface area contributed by atoms with Gasteiger partial charge in [-0.2, -0.15) is 0 Å². The molecule has 0 bridgehead atoms. The first-order valence-corrected chi connectivity index (χ1v) is 5.30. The summed E-state index contributed by atoms with van der Waals surface area (Å²) in [6, 6.07) is 5.07. The predicted molar refractivity (Wildman–Crippen MR) is 63.2 cm³/mol. The highest BCUT2D eigenvalue weighted by Gasteiger charge is 2.01. The fourth-order valence-electron chi connectivity index (χ4n) is 1.23. The maximum Gasteiger partial charge on any atom is 0.168 e. The third-order valence-corrected chi connectivity index (χ3v) is 2.47. The van der Waals surface area contributed by atoms with Crippen LogP contribution in [0, 0.1) is 0 Å². The van der Waals surface area contributed by atoms with Crippen LogP contribution in [0.5, 0.6) is 5.75 Å². The largest absolute Gasteiger partial charge is 0.487 e. The van der Waals surface area contributed by atoms with E-state index in [-0.39, 0.29) is 0 Å². The molecule has 2 heterocycles. The third-order valence-electron chi connectivity index (χ3n) is 2.13. The maximum absolute atomic E-state index is 10.4. The number of hydrogen-bond donors (Lipinski definition) is 0. The van der Waals surface area contributed by atoms with Crippen LogP contribution in [0.15, 0.2) is 36.8 Å². The average Bonchev–Trinajstić information content (AvgIpc) is 2.38. The monoisotopic (exact) mass is 248 g/mol. The zero-order valence-corrected chi connectivity index (χ0v) is 9.59. The average molecular weight is 249 g/mol. The summed E-state index contributed by atoms with van der Waals surface area (Å²) in [5, 5.41) is 0.560. The normalized spacial score (nSPS) is 9.94. The second-order valence-corrected chi connectivity index (χ2v) is 3.70. The molecule has 2 aromatic heterocycles. The summed E-state index contributed by atoms with van der Waals surface area (Å²) in [6.45, 7) is 0.337. The highest BCUT2D eigenvalue weighted by Crippen LogP contribution is 2.16. The molecule has 2 aromatic rings. The van der Waals surface area contributed by atoms with Gasteiger partial charge < -0.3 is 4.74 Å². The Hall–Kier alpha value is -1.94. The Labute approximate surface area is 103 Å². The molecule has 2 rings (SSSR count). The van der Waals surface area contributed by atoms with Crippen LogP contribution in [0.2, 0.25) is 5.02 Å². The van der Waals surface area contributed by atoms with E-state index in [0.29, 0.717) is 29.4 Å². The standard InChI is InChI=1S/C12H9ClN2O2/c13-12-6-14-4-3-9(12)8-17-11-2-1-10(7-16)15-5-11/h1-7H,8H2. The van der Waals surface area contributed by atoms with E-state index in [1.165, 1.54) is 6.20 Å². The van der Waals surface area contributed by atoms with E-state index in [1.807, 2.05) is 0 Å². The first-order valence-electron chi connectivity index (χ1n) is 4.92. The van der Waals surface area contributed by atoms with Gasteiger partial charge in [-0.3, -0.25) is 9.78 Å². The van der Waals surface area contributed by atoms with Crippen molar-refractivity contribution in [2.24, 2.45) is 0 Å². The zero-order chi connectivity index (χ0) is 12.1. The number of aromatic nitrogens is 2. The molecule has 0 N–H and O–H groups in total. The van der Waals surface area contributed by atoms with Crippen LogP contribution in [0.1, 0.15) is 16.1 Å². The Bertz CT molecular complexity index is 514. The number of pyridine rings is 2. The smallest absolute Gasteiger partial charge is 0.168 e. The van der Waals surface area contributed by atoms with Gasteiger partial charge in [0.15, 0.2) is 6.29 Å². The Morgan fingerprint density at radius 3 is 2.82 bits per heavy atom. The number of halogens is 1. The Morgan fingerprint density at radius 1 is 1.29 bits per heavy atom. The molecule has 17 heavy (non-hydrogen) atoms. The van der Waals surface area contributed by atoms with Gasteiger partial charge in [0, 0.05) is 18.0 Å². The van der Waals surface area contributed by atoms with Crippen molar-refractivity contribution in [3.05, 3.63) is 53.1 Å². The van der Waals surface area contributed by atoms with E-state index in [2.05, 4.69) is 9.97 Å². The number of hydrogen-bond acceptors (Lipinski definition) is 4. The van der Waals surface area contributed by atoms with Crippen molar-refractivity contribution in [1.29, 1.82) is 0 Å². The molecule has 0 aliphatic rings. The molecule has 0 saturated carbocycles.